The number of hydrogen-bond acceptors (Lipinski definition) is 2. The van der Waals surface area contributed by atoms with Crippen molar-refractivity contribution in [2.75, 3.05) is 23.1 Å². The minimum Gasteiger partial charge on any atom is -0.495 e. The first-order valence-corrected chi connectivity index (χ1v) is 10.6. The van der Waals surface area contributed by atoms with Crippen LogP contribution in [0, 0.1) is 7.14 Å². The first-order valence-electron chi connectivity index (χ1n) is 5.34. The quantitative estimate of drug-likeness (QED) is 0.313. The van der Waals surface area contributed by atoms with E-state index in [0.717, 1.165) is 33.2 Å². The van der Waals surface area contributed by atoms with Crippen LogP contribution in [0.15, 0.2) is 0 Å². The van der Waals surface area contributed by atoms with Gasteiger partial charge in [0.1, 0.15) is 11.5 Å². The zero-order valence-corrected chi connectivity index (χ0v) is 18.8. The molecule has 0 bridgehead atoms. The summed E-state index contributed by atoms with van der Waals surface area (Å²) in [6.07, 6.45) is 2.03. The van der Waals surface area contributed by atoms with Gasteiger partial charge in [0.25, 0.3) is 0 Å². The Labute approximate surface area is 163 Å². The fourth-order valence-electron chi connectivity index (χ4n) is 1.80. The van der Waals surface area contributed by atoms with Gasteiger partial charge in [0.05, 0.1) is 21.4 Å². The molecular weight excluding hydrogens is 684 g/mol. The molecule has 2 nitrogen and oxygen atoms in total. The van der Waals surface area contributed by atoms with Crippen LogP contribution in [0.5, 0.6) is 11.5 Å². The second-order valence-corrected chi connectivity index (χ2v) is 7.84. The van der Waals surface area contributed by atoms with E-state index in [1.54, 1.807) is 14.2 Å². The van der Waals surface area contributed by atoms with Crippen molar-refractivity contribution < 1.29 is 9.47 Å². The van der Waals surface area contributed by atoms with E-state index in [0.29, 0.717) is 0 Å². The molecule has 0 radical (unpaired) electrons. The summed E-state index contributed by atoms with van der Waals surface area (Å²) in [6, 6.07) is 0. The molecule has 1 aromatic carbocycles. The second-order valence-electron chi connectivity index (χ2n) is 3.53. The highest BCUT2D eigenvalue weighted by Crippen LogP contribution is 2.41. The molecule has 1 aromatic rings. The van der Waals surface area contributed by atoms with Crippen molar-refractivity contribution in [2.45, 2.75) is 12.8 Å². The van der Waals surface area contributed by atoms with Crippen molar-refractivity contribution in [3.05, 3.63) is 18.3 Å². The molecule has 0 amide bonds. The minimum atomic E-state index is 1.01. The average Bonchev–Trinajstić information content (AvgIpc) is 2.36. The van der Waals surface area contributed by atoms with Gasteiger partial charge in [-0.3, -0.25) is 0 Å². The molecule has 0 spiro atoms. The molecule has 0 N–H and O–H groups in total. The maximum absolute atomic E-state index is 5.62. The van der Waals surface area contributed by atoms with E-state index in [-0.39, 0.29) is 0 Å². The molecule has 102 valence electrons. The van der Waals surface area contributed by atoms with Crippen molar-refractivity contribution in [1.82, 2.24) is 0 Å². The third-order valence-corrected chi connectivity index (χ3v) is 5.93. The highest BCUT2D eigenvalue weighted by molar-refractivity contribution is 14.1. The molecule has 0 aliphatic carbocycles. The minimum absolute atomic E-state index is 1.01. The highest BCUT2D eigenvalue weighted by atomic mass is 127. The van der Waals surface area contributed by atoms with E-state index in [2.05, 4.69) is 90.4 Å². The van der Waals surface area contributed by atoms with Gasteiger partial charge in [-0.1, -0.05) is 45.2 Å². The summed E-state index contributed by atoms with van der Waals surface area (Å²) < 4.78 is 15.8. The molecule has 1 rings (SSSR count). The Morgan fingerprint density at radius 3 is 1.33 bits per heavy atom. The van der Waals surface area contributed by atoms with Crippen LogP contribution < -0.4 is 9.47 Å². The van der Waals surface area contributed by atoms with Crippen LogP contribution in [-0.4, -0.2) is 23.1 Å². The van der Waals surface area contributed by atoms with E-state index in [1.807, 2.05) is 0 Å². The van der Waals surface area contributed by atoms with Gasteiger partial charge in [-0.25, -0.2) is 0 Å². The molecule has 0 aliphatic heterocycles. The average molecular weight is 698 g/mol. The number of benzene rings is 1. The third kappa shape index (κ3) is 3.89. The second kappa shape index (κ2) is 8.90. The van der Waals surface area contributed by atoms with Crippen LogP contribution in [-0.2, 0) is 12.8 Å². The smallest absolute Gasteiger partial charge is 0.137 e. The number of ether oxygens (including phenoxy) is 2. The number of halogens is 4. The molecule has 0 heterocycles. The number of alkyl halides is 2. The molecule has 0 aliphatic rings. The Kier molecular flexibility index (Phi) is 8.80. The van der Waals surface area contributed by atoms with Crippen LogP contribution in [0.1, 0.15) is 11.1 Å². The zero-order valence-electron chi connectivity index (χ0n) is 10.2. The van der Waals surface area contributed by atoms with Crippen molar-refractivity contribution in [2.24, 2.45) is 0 Å². The largest absolute Gasteiger partial charge is 0.495 e. The van der Waals surface area contributed by atoms with Crippen LogP contribution in [0.4, 0.5) is 0 Å². The number of rotatable bonds is 6. The molecule has 0 unspecified atom stereocenters. The first-order chi connectivity index (χ1) is 8.62. The summed E-state index contributed by atoms with van der Waals surface area (Å²) in [7, 11) is 3.51. The summed E-state index contributed by atoms with van der Waals surface area (Å²) in [6.45, 7) is 0. The maximum atomic E-state index is 5.62. The number of hydrogen-bond donors (Lipinski definition) is 0. The van der Waals surface area contributed by atoms with Gasteiger partial charge in [0.2, 0.25) is 0 Å². The van der Waals surface area contributed by atoms with Gasteiger partial charge >= 0.3 is 0 Å². The van der Waals surface area contributed by atoms with Gasteiger partial charge in [-0.2, -0.15) is 0 Å². The molecule has 0 saturated carbocycles. The lowest BCUT2D eigenvalue weighted by Crippen LogP contribution is -2.07. The van der Waals surface area contributed by atoms with Gasteiger partial charge in [-0.15, -0.1) is 0 Å². The lowest BCUT2D eigenvalue weighted by molar-refractivity contribution is 0.390. The zero-order chi connectivity index (χ0) is 13.7. The SMILES string of the molecule is COc1c(I)c(CCI)c(OC)c(I)c1CCI. The first kappa shape index (κ1) is 17.8. The monoisotopic (exact) mass is 698 g/mol. The van der Waals surface area contributed by atoms with Crippen molar-refractivity contribution >= 4 is 90.4 Å². The summed E-state index contributed by atoms with van der Waals surface area (Å²) in [5.74, 6) is 2.05. The molecule has 0 aromatic heterocycles. The van der Waals surface area contributed by atoms with E-state index in [9.17, 15) is 0 Å². The molecule has 18 heavy (non-hydrogen) atoms. The lowest BCUT2D eigenvalue weighted by atomic mass is 10.0. The van der Waals surface area contributed by atoms with Crippen LogP contribution in [0.2, 0.25) is 0 Å². The Bertz CT molecular complexity index is 382. The normalized spacial score (nSPS) is 10.6. The molecule has 6 heteroatoms. The summed E-state index contributed by atoms with van der Waals surface area (Å²) in [5, 5.41) is 0. The van der Waals surface area contributed by atoms with Crippen molar-refractivity contribution in [1.29, 1.82) is 0 Å². The van der Waals surface area contributed by atoms with Crippen LogP contribution in [0.3, 0.4) is 0 Å². The van der Waals surface area contributed by atoms with E-state index < -0.39 is 0 Å². The van der Waals surface area contributed by atoms with Gasteiger partial charge in [-0.05, 0) is 58.0 Å². The molecule has 0 fully saturated rings. The Hall–Kier alpha value is 1.74. The number of methoxy groups -OCH3 is 2. The molecule has 0 saturated heterocycles. The lowest BCUT2D eigenvalue weighted by Gasteiger charge is -2.19. The maximum Gasteiger partial charge on any atom is 0.137 e. The molecular formula is C12H14I4O2. The van der Waals surface area contributed by atoms with Gasteiger partial charge < -0.3 is 9.47 Å². The topological polar surface area (TPSA) is 18.5 Å². The molecule has 0 atom stereocenters. The predicted molar refractivity (Wildman–Crippen MR) is 110 cm³/mol. The third-order valence-electron chi connectivity index (χ3n) is 2.57. The predicted octanol–water partition coefficient (Wildman–Crippen LogP) is 4.87. The standard InChI is InChI=1S/C12H14I4O2/c1-17-11-7(3-5-13)10(16)12(18-2)8(4-6-14)9(11)15/h3-6H2,1-2H3. The van der Waals surface area contributed by atoms with Gasteiger partial charge in [0.15, 0.2) is 0 Å². The van der Waals surface area contributed by atoms with Crippen LogP contribution >= 0.6 is 90.4 Å². The summed E-state index contributed by atoms with van der Waals surface area (Å²) in [4.78, 5) is 0. The fourth-order valence-corrected chi connectivity index (χ4v) is 5.00. The summed E-state index contributed by atoms with van der Waals surface area (Å²) >= 11 is 9.56. The van der Waals surface area contributed by atoms with Gasteiger partial charge in [0, 0.05) is 20.0 Å². The Morgan fingerprint density at radius 1 is 0.778 bits per heavy atom. The Balaban J connectivity index is 3.51. The van der Waals surface area contributed by atoms with Crippen LogP contribution in [0.25, 0.3) is 0 Å². The summed E-state index contributed by atoms with van der Waals surface area (Å²) in [5.41, 5.74) is 2.54. The Morgan fingerprint density at radius 2 is 1.11 bits per heavy atom. The fraction of sp³-hybridized carbons (Fsp3) is 0.500. The van der Waals surface area contributed by atoms with E-state index in [4.69, 9.17) is 9.47 Å². The van der Waals surface area contributed by atoms with Crippen molar-refractivity contribution in [3.63, 3.8) is 0 Å². The highest BCUT2D eigenvalue weighted by Gasteiger charge is 2.21. The van der Waals surface area contributed by atoms with E-state index >= 15 is 0 Å². The van der Waals surface area contributed by atoms with Crippen molar-refractivity contribution in [3.8, 4) is 11.5 Å². The van der Waals surface area contributed by atoms with E-state index in [1.165, 1.54) is 18.3 Å².